The van der Waals surface area contributed by atoms with Crippen LogP contribution in [0, 0.1) is 6.92 Å². The molecule has 0 bridgehead atoms. The van der Waals surface area contributed by atoms with Crippen LogP contribution in [-0.2, 0) is 13.6 Å². The Morgan fingerprint density at radius 1 is 1.22 bits per heavy atom. The fourth-order valence-electron chi connectivity index (χ4n) is 2.94. The third-order valence-corrected chi connectivity index (χ3v) is 4.38. The number of aromatic nitrogens is 2. The van der Waals surface area contributed by atoms with Crippen molar-refractivity contribution < 1.29 is 9.53 Å². The molecular formula is C21H24N4O2. The van der Waals surface area contributed by atoms with Crippen molar-refractivity contribution in [3.8, 4) is 5.75 Å². The second kappa shape index (κ2) is 8.40. The zero-order chi connectivity index (χ0) is 19.2. The molecule has 0 fully saturated rings. The van der Waals surface area contributed by atoms with Crippen LogP contribution in [0.4, 0.5) is 4.79 Å². The van der Waals surface area contributed by atoms with Crippen LogP contribution < -0.4 is 15.4 Å². The summed E-state index contributed by atoms with van der Waals surface area (Å²) >= 11 is 0. The first-order valence-electron chi connectivity index (χ1n) is 8.78. The maximum absolute atomic E-state index is 12.5. The lowest BCUT2D eigenvalue weighted by atomic mass is 10.1. The summed E-state index contributed by atoms with van der Waals surface area (Å²) in [5.41, 5.74) is 3.15. The smallest absolute Gasteiger partial charge is 0.315 e. The molecule has 1 aromatic heterocycles. The van der Waals surface area contributed by atoms with Gasteiger partial charge in [-0.25, -0.2) is 9.78 Å². The number of aryl methyl sites for hydroxylation is 2. The standard InChI is InChI=1S/C21H24N4O2/c1-15-5-4-6-16(13-15)14-23-21(26)24-19(20-22-11-12-25(20)2)17-7-9-18(27-3)10-8-17/h4-13,19H,14H2,1-3H3,(H2,23,24,26). The second-order valence-electron chi connectivity index (χ2n) is 6.42. The van der Waals surface area contributed by atoms with Gasteiger partial charge < -0.3 is 19.9 Å². The van der Waals surface area contributed by atoms with E-state index in [-0.39, 0.29) is 12.1 Å². The van der Waals surface area contributed by atoms with Crippen LogP contribution in [-0.4, -0.2) is 22.7 Å². The molecule has 0 saturated heterocycles. The summed E-state index contributed by atoms with van der Waals surface area (Å²) in [7, 11) is 3.54. The Balaban J connectivity index is 1.74. The van der Waals surface area contributed by atoms with Crippen molar-refractivity contribution in [1.29, 1.82) is 0 Å². The molecule has 2 amide bonds. The van der Waals surface area contributed by atoms with Gasteiger partial charge in [-0.15, -0.1) is 0 Å². The predicted octanol–water partition coefficient (Wildman–Crippen LogP) is 3.33. The van der Waals surface area contributed by atoms with Crippen LogP contribution in [0.1, 0.15) is 28.6 Å². The van der Waals surface area contributed by atoms with Crippen molar-refractivity contribution in [1.82, 2.24) is 20.2 Å². The summed E-state index contributed by atoms with van der Waals surface area (Å²) in [6.07, 6.45) is 3.58. The van der Waals surface area contributed by atoms with E-state index in [2.05, 4.69) is 21.7 Å². The molecule has 0 radical (unpaired) electrons. The molecule has 0 spiro atoms. The largest absolute Gasteiger partial charge is 0.497 e. The maximum Gasteiger partial charge on any atom is 0.315 e. The first-order valence-corrected chi connectivity index (χ1v) is 8.78. The average Bonchev–Trinajstić information content (AvgIpc) is 3.10. The lowest BCUT2D eigenvalue weighted by Gasteiger charge is -2.20. The molecule has 1 heterocycles. The number of imidazole rings is 1. The Kier molecular flexibility index (Phi) is 5.76. The Morgan fingerprint density at radius 2 is 2.00 bits per heavy atom. The molecule has 0 saturated carbocycles. The van der Waals surface area contributed by atoms with Crippen molar-refractivity contribution in [3.63, 3.8) is 0 Å². The van der Waals surface area contributed by atoms with Crippen LogP contribution >= 0.6 is 0 Å². The fraction of sp³-hybridized carbons (Fsp3) is 0.238. The highest BCUT2D eigenvalue weighted by atomic mass is 16.5. The molecule has 0 aliphatic rings. The van der Waals surface area contributed by atoms with Crippen LogP contribution in [0.15, 0.2) is 60.9 Å². The quantitative estimate of drug-likeness (QED) is 0.705. The van der Waals surface area contributed by atoms with Gasteiger partial charge in [0.2, 0.25) is 0 Å². The van der Waals surface area contributed by atoms with Crippen molar-refractivity contribution in [2.75, 3.05) is 7.11 Å². The molecule has 1 unspecified atom stereocenters. The minimum absolute atomic E-state index is 0.250. The Labute approximate surface area is 159 Å². The monoisotopic (exact) mass is 364 g/mol. The fourth-order valence-corrected chi connectivity index (χ4v) is 2.94. The number of hydrogen-bond acceptors (Lipinski definition) is 3. The summed E-state index contributed by atoms with van der Waals surface area (Å²) in [6.45, 7) is 2.49. The highest BCUT2D eigenvalue weighted by molar-refractivity contribution is 5.74. The van der Waals surface area contributed by atoms with E-state index < -0.39 is 0 Å². The molecule has 3 aromatic rings. The van der Waals surface area contributed by atoms with E-state index in [4.69, 9.17) is 4.74 Å². The van der Waals surface area contributed by atoms with Gasteiger partial charge in [-0.1, -0.05) is 42.0 Å². The van der Waals surface area contributed by atoms with Gasteiger partial charge in [0.25, 0.3) is 0 Å². The van der Waals surface area contributed by atoms with Crippen LogP contribution in [0.2, 0.25) is 0 Å². The first-order chi connectivity index (χ1) is 13.1. The zero-order valence-electron chi connectivity index (χ0n) is 15.8. The maximum atomic E-state index is 12.5. The number of carbonyl (C=O) groups is 1. The minimum Gasteiger partial charge on any atom is -0.497 e. The number of benzene rings is 2. The van der Waals surface area contributed by atoms with E-state index in [9.17, 15) is 4.79 Å². The van der Waals surface area contributed by atoms with E-state index in [1.165, 1.54) is 5.56 Å². The molecule has 6 nitrogen and oxygen atoms in total. The van der Waals surface area contributed by atoms with Gasteiger partial charge in [0.05, 0.1) is 7.11 Å². The van der Waals surface area contributed by atoms with E-state index >= 15 is 0 Å². The number of urea groups is 1. The molecule has 2 aromatic carbocycles. The van der Waals surface area contributed by atoms with Gasteiger partial charge in [0.15, 0.2) is 0 Å². The topological polar surface area (TPSA) is 68.2 Å². The highest BCUT2D eigenvalue weighted by Crippen LogP contribution is 2.22. The van der Waals surface area contributed by atoms with E-state index in [0.717, 1.165) is 22.7 Å². The number of methoxy groups -OCH3 is 1. The van der Waals surface area contributed by atoms with Gasteiger partial charge in [-0.2, -0.15) is 0 Å². The van der Waals surface area contributed by atoms with E-state index in [0.29, 0.717) is 6.54 Å². The van der Waals surface area contributed by atoms with Crippen molar-refractivity contribution in [2.24, 2.45) is 7.05 Å². The lowest BCUT2D eigenvalue weighted by Crippen LogP contribution is -2.38. The van der Waals surface area contributed by atoms with Gasteiger partial charge in [0, 0.05) is 26.0 Å². The third kappa shape index (κ3) is 4.67. The molecule has 2 N–H and O–H groups in total. The number of carbonyl (C=O) groups excluding carboxylic acids is 1. The van der Waals surface area contributed by atoms with Gasteiger partial charge >= 0.3 is 6.03 Å². The summed E-state index contributed by atoms with van der Waals surface area (Å²) in [5.74, 6) is 1.52. The highest BCUT2D eigenvalue weighted by Gasteiger charge is 2.20. The normalized spacial score (nSPS) is 11.7. The van der Waals surface area contributed by atoms with Crippen LogP contribution in [0.5, 0.6) is 5.75 Å². The SMILES string of the molecule is COc1ccc(C(NC(=O)NCc2cccc(C)c2)c2nccn2C)cc1. The number of ether oxygens (including phenoxy) is 1. The number of amides is 2. The Bertz CT molecular complexity index is 903. The minimum atomic E-state index is -0.367. The summed E-state index contributed by atoms with van der Waals surface area (Å²) < 4.78 is 7.12. The summed E-state index contributed by atoms with van der Waals surface area (Å²) in [6, 6.07) is 15.1. The molecule has 3 rings (SSSR count). The molecular weight excluding hydrogens is 340 g/mol. The molecule has 1 atom stereocenters. The Morgan fingerprint density at radius 3 is 2.63 bits per heavy atom. The van der Waals surface area contributed by atoms with E-state index in [1.54, 1.807) is 13.3 Å². The molecule has 27 heavy (non-hydrogen) atoms. The summed E-state index contributed by atoms with van der Waals surface area (Å²) in [5, 5.41) is 5.94. The predicted molar refractivity (Wildman–Crippen MR) is 105 cm³/mol. The Hall–Kier alpha value is -3.28. The number of nitrogens with zero attached hydrogens (tertiary/aromatic N) is 2. The second-order valence-corrected chi connectivity index (χ2v) is 6.42. The number of hydrogen-bond donors (Lipinski definition) is 2. The van der Waals surface area contributed by atoms with Crippen LogP contribution in [0.25, 0.3) is 0 Å². The lowest BCUT2D eigenvalue weighted by molar-refractivity contribution is 0.237. The van der Waals surface area contributed by atoms with Crippen molar-refractivity contribution in [3.05, 3.63) is 83.4 Å². The number of nitrogens with one attached hydrogen (secondary N) is 2. The summed E-state index contributed by atoms with van der Waals surface area (Å²) in [4.78, 5) is 16.9. The third-order valence-electron chi connectivity index (χ3n) is 4.38. The average molecular weight is 364 g/mol. The molecule has 0 aliphatic heterocycles. The van der Waals surface area contributed by atoms with Gasteiger partial charge in [-0.05, 0) is 30.2 Å². The molecule has 0 aliphatic carbocycles. The molecule has 6 heteroatoms. The van der Waals surface area contributed by atoms with Gasteiger partial charge in [0.1, 0.15) is 17.6 Å². The number of rotatable bonds is 6. The zero-order valence-corrected chi connectivity index (χ0v) is 15.8. The van der Waals surface area contributed by atoms with Crippen molar-refractivity contribution >= 4 is 6.03 Å². The first kappa shape index (κ1) is 18.5. The van der Waals surface area contributed by atoms with Crippen molar-refractivity contribution in [2.45, 2.75) is 19.5 Å². The van der Waals surface area contributed by atoms with E-state index in [1.807, 2.05) is 67.2 Å². The van der Waals surface area contributed by atoms with Gasteiger partial charge in [-0.3, -0.25) is 0 Å². The molecule has 140 valence electrons. The van der Waals surface area contributed by atoms with Crippen LogP contribution in [0.3, 0.4) is 0 Å².